The predicted molar refractivity (Wildman–Crippen MR) is 71.0 cm³/mol. The molecule has 2 rings (SSSR count). The zero-order valence-electron chi connectivity index (χ0n) is 11.7. The van der Waals surface area contributed by atoms with Gasteiger partial charge in [-0.15, -0.1) is 0 Å². The van der Waals surface area contributed by atoms with Crippen LogP contribution in [0.1, 0.15) is 25.7 Å². The smallest absolute Gasteiger partial charge is 0.323 e. The summed E-state index contributed by atoms with van der Waals surface area (Å²) in [5.74, 6) is -0.927. The summed E-state index contributed by atoms with van der Waals surface area (Å²) in [6.07, 6.45) is 3.89. The molecule has 0 bridgehead atoms. The van der Waals surface area contributed by atoms with E-state index in [4.69, 9.17) is 5.11 Å². The zero-order valence-corrected chi connectivity index (χ0v) is 11.7. The van der Waals surface area contributed by atoms with E-state index < -0.39 is 5.97 Å². The average molecular weight is 269 g/mol. The lowest BCUT2D eigenvalue weighted by molar-refractivity contribution is -0.137. The molecule has 2 fully saturated rings. The first-order valence-corrected chi connectivity index (χ1v) is 6.93. The fourth-order valence-corrected chi connectivity index (χ4v) is 2.75. The normalized spacial score (nSPS) is 22.9. The van der Waals surface area contributed by atoms with Gasteiger partial charge in [-0.2, -0.15) is 0 Å². The maximum atomic E-state index is 12.5. The highest BCUT2D eigenvalue weighted by atomic mass is 16.4. The van der Waals surface area contributed by atoms with Gasteiger partial charge in [0.05, 0.1) is 0 Å². The summed E-state index contributed by atoms with van der Waals surface area (Å²) in [5.41, 5.74) is 0. The van der Waals surface area contributed by atoms with Gasteiger partial charge in [0.2, 0.25) is 0 Å². The van der Waals surface area contributed by atoms with Crippen molar-refractivity contribution in [1.82, 2.24) is 14.7 Å². The molecule has 2 amide bonds. The Balaban J connectivity index is 2.01. The Labute approximate surface area is 114 Å². The molecular weight excluding hydrogens is 246 g/mol. The molecule has 1 atom stereocenters. The van der Waals surface area contributed by atoms with Crippen molar-refractivity contribution >= 4 is 12.0 Å². The molecule has 1 saturated heterocycles. The van der Waals surface area contributed by atoms with E-state index in [9.17, 15) is 9.59 Å². The number of carbonyl (C=O) groups excluding carboxylic acids is 1. The van der Waals surface area contributed by atoms with Gasteiger partial charge in [-0.05, 0) is 39.8 Å². The number of likely N-dealkylation sites (tertiary alicyclic amines) is 1. The average Bonchev–Trinajstić information content (AvgIpc) is 3.05. The molecule has 0 aromatic heterocycles. The van der Waals surface area contributed by atoms with Crippen LogP contribution in [0.25, 0.3) is 0 Å². The van der Waals surface area contributed by atoms with Crippen LogP contribution < -0.4 is 0 Å². The van der Waals surface area contributed by atoms with E-state index >= 15 is 0 Å². The molecule has 0 spiro atoms. The van der Waals surface area contributed by atoms with Crippen molar-refractivity contribution < 1.29 is 14.7 Å². The molecule has 1 N–H and O–H groups in total. The van der Waals surface area contributed by atoms with Crippen molar-refractivity contribution in [2.24, 2.45) is 0 Å². The third-order valence-corrected chi connectivity index (χ3v) is 3.74. The van der Waals surface area contributed by atoms with Gasteiger partial charge in [0.1, 0.15) is 6.54 Å². The lowest BCUT2D eigenvalue weighted by Gasteiger charge is -2.32. The second-order valence-electron chi connectivity index (χ2n) is 5.79. The van der Waals surface area contributed by atoms with Crippen LogP contribution in [-0.4, -0.2) is 77.6 Å². The second kappa shape index (κ2) is 5.77. The number of amides is 2. The molecule has 108 valence electrons. The van der Waals surface area contributed by atoms with E-state index in [0.717, 1.165) is 38.8 Å². The molecule has 1 aliphatic heterocycles. The third-order valence-electron chi connectivity index (χ3n) is 3.74. The molecule has 6 nitrogen and oxygen atoms in total. The lowest BCUT2D eigenvalue weighted by atomic mass is 10.2. The van der Waals surface area contributed by atoms with Gasteiger partial charge in [-0.3, -0.25) is 4.79 Å². The number of rotatable bonds is 5. The number of carbonyl (C=O) groups is 2. The maximum Gasteiger partial charge on any atom is 0.323 e. The highest BCUT2D eigenvalue weighted by Gasteiger charge is 2.39. The van der Waals surface area contributed by atoms with Gasteiger partial charge in [-0.1, -0.05) is 0 Å². The summed E-state index contributed by atoms with van der Waals surface area (Å²) >= 11 is 0. The Morgan fingerprint density at radius 1 is 1.26 bits per heavy atom. The number of nitrogens with zero attached hydrogens (tertiary/aromatic N) is 3. The molecule has 2 aliphatic rings. The quantitative estimate of drug-likeness (QED) is 0.797. The van der Waals surface area contributed by atoms with Crippen molar-refractivity contribution in [2.75, 3.05) is 33.7 Å². The van der Waals surface area contributed by atoms with Gasteiger partial charge >= 0.3 is 12.0 Å². The van der Waals surface area contributed by atoms with Crippen LogP contribution >= 0.6 is 0 Å². The largest absolute Gasteiger partial charge is 0.480 e. The first kappa shape index (κ1) is 14.1. The monoisotopic (exact) mass is 269 g/mol. The van der Waals surface area contributed by atoms with Crippen molar-refractivity contribution in [3.05, 3.63) is 0 Å². The van der Waals surface area contributed by atoms with Crippen molar-refractivity contribution in [1.29, 1.82) is 0 Å². The molecule has 0 radical (unpaired) electrons. The van der Waals surface area contributed by atoms with Crippen LogP contribution in [0.3, 0.4) is 0 Å². The van der Waals surface area contributed by atoms with Crippen LogP contribution in [0.5, 0.6) is 0 Å². The fourth-order valence-electron chi connectivity index (χ4n) is 2.75. The molecule has 1 aliphatic carbocycles. The van der Waals surface area contributed by atoms with Crippen LogP contribution in [0.4, 0.5) is 4.79 Å². The standard InChI is InChI=1S/C13H23N3O3/c1-14(2)8-11-4-3-7-15(11)13(19)16(9-12(17)18)10-5-6-10/h10-11H,3-9H2,1-2H3,(H,17,18). The lowest BCUT2D eigenvalue weighted by Crippen LogP contribution is -2.50. The zero-order chi connectivity index (χ0) is 14.0. The molecule has 6 heteroatoms. The molecular formula is C13H23N3O3. The van der Waals surface area contributed by atoms with E-state index in [1.54, 1.807) is 0 Å². The Bertz CT molecular complexity index is 355. The third kappa shape index (κ3) is 3.59. The first-order valence-electron chi connectivity index (χ1n) is 6.93. The number of likely N-dealkylation sites (N-methyl/N-ethyl adjacent to an activating group) is 1. The van der Waals surface area contributed by atoms with E-state index in [0.29, 0.717) is 0 Å². The van der Waals surface area contributed by atoms with Crippen LogP contribution in [0.15, 0.2) is 0 Å². The minimum Gasteiger partial charge on any atom is -0.480 e. The number of urea groups is 1. The number of aliphatic carboxylic acids is 1. The highest BCUT2D eigenvalue weighted by Crippen LogP contribution is 2.29. The summed E-state index contributed by atoms with van der Waals surface area (Å²) in [6, 6.07) is 0.274. The summed E-state index contributed by atoms with van der Waals surface area (Å²) < 4.78 is 0. The number of carboxylic acid groups (broad SMARTS) is 1. The fraction of sp³-hybridized carbons (Fsp3) is 0.846. The predicted octanol–water partition coefficient (Wildman–Crippen LogP) is 0.681. The molecule has 0 aromatic rings. The Hall–Kier alpha value is -1.30. The van der Waals surface area contributed by atoms with E-state index in [2.05, 4.69) is 4.90 Å². The maximum absolute atomic E-state index is 12.5. The minimum absolute atomic E-state index is 0.0887. The van der Waals surface area contributed by atoms with Gasteiger partial charge < -0.3 is 19.8 Å². The van der Waals surface area contributed by atoms with Gasteiger partial charge in [0.15, 0.2) is 0 Å². The number of hydrogen-bond donors (Lipinski definition) is 1. The van der Waals surface area contributed by atoms with Crippen molar-refractivity contribution in [2.45, 2.75) is 37.8 Å². The van der Waals surface area contributed by atoms with E-state index in [1.807, 2.05) is 19.0 Å². The summed E-state index contributed by atoms with van der Waals surface area (Å²) in [7, 11) is 3.99. The molecule has 19 heavy (non-hydrogen) atoms. The highest BCUT2D eigenvalue weighted by molar-refractivity contribution is 5.81. The van der Waals surface area contributed by atoms with Crippen LogP contribution in [0.2, 0.25) is 0 Å². The van der Waals surface area contributed by atoms with Crippen LogP contribution in [-0.2, 0) is 4.79 Å². The SMILES string of the molecule is CN(C)CC1CCCN1C(=O)N(CC(=O)O)C1CC1. The molecule has 1 unspecified atom stereocenters. The number of hydrogen-bond acceptors (Lipinski definition) is 3. The van der Waals surface area contributed by atoms with Crippen molar-refractivity contribution in [3.63, 3.8) is 0 Å². The minimum atomic E-state index is -0.927. The summed E-state index contributed by atoms with van der Waals surface area (Å²) in [4.78, 5) is 28.9. The first-order chi connectivity index (χ1) is 8.99. The summed E-state index contributed by atoms with van der Waals surface area (Å²) in [5, 5.41) is 8.94. The second-order valence-corrected chi connectivity index (χ2v) is 5.79. The van der Waals surface area contributed by atoms with Crippen molar-refractivity contribution in [3.8, 4) is 0 Å². The Kier molecular flexibility index (Phi) is 4.29. The topological polar surface area (TPSA) is 64.1 Å². The van der Waals surface area contributed by atoms with Gasteiger partial charge in [-0.25, -0.2) is 4.79 Å². The van der Waals surface area contributed by atoms with E-state index in [1.165, 1.54) is 4.90 Å². The van der Waals surface area contributed by atoms with Gasteiger partial charge in [0, 0.05) is 25.2 Å². The Morgan fingerprint density at radius 2 is 1.95 bits per heavy atom. The van der Waals surface area contributed by atoms with E-state index in [-0.39, 0.29) is 24.7 Å². The molecule has 0 aromatic carbocycles. The molecule has 1 heterocycles. The summed E-state index contributed by atoms with van der Waals surface area (Å²) in [6.45, 7) is 1.42. The van der Waals surface area contributed by atoms with Crippen LogP contribution in [0, 0.1) is 0 Å². The van der Waals surface area contributed by atoms with Gasteiger partial charge in [0.25, 0.3) is 0 Å². The Morgan fingerprint density at radius 3 is 2.47 bits per heavy atom. The number of carboxylic acids is 1. The molecule has 1 saturated carbocycles.